The number of fused-ring (bicyclic) bond motifs is 2. The van der Waals surface area contributed by atoms with Crippen LogP contribution < -0.4 is 5.32 Å². The first-order valence-corrected chi connectivity index (χ1v) is 13.1. The van der Waals surface area contributed by atoms with Crippen LogP contribution in [0.5, 0.6) is 0 Å². The number of rotatable bonds is 6. The molecule has 0 saturated heterocycles. The lowest BCUT2D eigenvalue weighted by molar-refractivity contribution is -0.152. The summed E-state index contributed by atoms with van der Waals surface area (Å²) in [6.45, 7) is 0. The maximum atomic E-state index is 13.5. The van der Waals surface area contributed by atoms with Crippen LogP contribution in [0.15, 0.2) is 35.2 Å². The lowest BCUT2D eigenvalue weighted by Gasteiger charge is -2.41. The molecule has 4 rings (SSSR count). The third-order valence-electron chi connectivity index (χ3n) is 7.21. The smallest absolute Gasteiger partial charge is 0.308 e. The van der Waals surface area contributed by atoms with Crippen molar-refractivity contribution in [3.8, 4) is 0 Å². The monoisotopic (exact) mass is 545 g/mol. The molecule has 0 radical (unpaired) electrons. The van der Waals surface area contributed by atoms with E-state index in [9.17, 15) is 36.3 Å². The molecule has 7 nitrogen and oxygen atoms in total. The number of anilines is 1. The number of hydrogen-bond acceptors (Lipinski definition) is 6. The van der Waals surface area contributed by atoms with Crippen LogP contribution in [0.1, 0.15) is 42.5 Å². The minimum Gasteiger partial charge on any atom is -0.469 e. The topological polar surface area (TPSA) is 110 Å². The molecule has 194 valence electrons. The molecule has 2 aromatic carbocycles. The van der Waals surface area contributed by atoms with Crippen LogP contribution in [0.25, 0.3) is 0 Å². The van der Waals surface area contributed by atoms with E-state index in [2.05, 4.69) is 10.1 Å². The highest BCUT2D eigenvalue weighted by molar-refractivity contribution is 7.92. The van der Waals surface area contributed by atoms with Gasteiger partial charge in [0, 0.05) is 23.4 Å². The van der Waals surface area contributed by atoms with Gasteiger partial charge in [0.25, 0.3) is 5.91 Å². The predicted molar refractivity (Wildman–Crippen MR) is 124 cm³/mol. The minimum atomic E-state index is -4.06. The fourth-order valence-corrected chi connectivity index (χ4v) is 7.73. The molecule has 2 N–H and O–H groups in total. The zero-order chi connectivity index (χ0) is 26.4. The largest absolute Gasteiger partial charge is 0.469 e. The average Bonchev–Trinajstić information content (AvgIpc) is 2.98. The van der Waals surface area contributed by atoms with Gasteiger partial charge in [-0.3, -0.25) is 9.59 Å². The van der Waals surface area contributed by atoms with Crippen LogP contribution in [0.2, 0.25) is 5.02 Å². The minimum absolute atomic E-state index is 0.104. The van der Waals surface area contributed by atoms with Gasteiger partial charge in [-0.25, -0.2) is 21.6 Å². The molecule has 2 atom stereocenters. The number of aliphatic hydroxyl groups is 1. The fourth-order valence-electron chi connectivity index (χ4n) is 5.33. The molecule has 2 saturated carbocycles. The highest BCUT2D eigenvalue weighted by Crippen LogP contribution is 2.53. The van der Waals surface area contributed by atoms with E-state index in [1.54, 1.807) is 0 Å². The third kappa shape index (κ3) is 4.71. The summed E-state index contributed by atoms with van der Waals surface area (Å²) in [7, 11) is -2.84. The van der Waals surface area contributed by atoms with Crippen LogP contribution >= 0.6 is 11.6 Å². The van der Waals surface area contributed by atoms with Crippen molar-refractivity contribution < 1.29 is 41.0 Å². The summed E-state index contributed by atoms with van der Waals surface area (Å²) in [5.41, 5.74) is -1.85. The number of carbonyl (C=O) groups excluding carboxylic acids is 2. The second-order valence-electron chi connectivity index (χ2n) is 9.21. The first kappa shape index (κ1) is 26.4. The van der Waals surface area contributed by atoms with Gasteiger partial charge in [-0.2, -0.15) is 0 Å². The van der Waals surface area contributed by atoms with E-state index in [-0.39, 0.29) is 40.4 Å². The number of ether oxygens (including phenoxy) is 1. The molecular weight excluding hydrogens is 523 g/mol. The van der Waals surface area contributed by atoms with Crippen molar-refractivity contribution in [1.82, 2.24) is 0 Å². The normalized spacial score (nSPS) is 25.4. The van der Waals surface area contributed by atoms with Gasteiger partial charge < -0.3 is 15.2 Å². The highest BCUT2D eigenvalue weighted by atomic mass is 35.5. The fraction of sp³-hybridized carbons (Fsp3) is 0.417. The molecule has 2 unspecified atom stereocenters. The Morgan fingerprint density at radius 3 is 2.25 bits per heavy atom. The first-order chi connectivity index (χ1) is 16.9. The Hall–Kier alpha value is -2.63. The SMILES string of the molecule is COC(=O)C[C@]1(O)C2CCC1C[C@@H](S(=O)(=O)c1cc(C(=O)Nc3cc(F)c(F)c(F)c3)ccc1Cl)C2. The average molecular weight is 546 g/mol. The van der Waals surface area contributed by atoms with Gasteiger partial charge in [-0.1, -0.05) is 11.6 Å². The lowest BCUT2D eigenvalue weighted by Crippen LogP contribution is -2.49. The van der Waals surface area contributed by atoms with Crippen LogP contribution in [0.4, 0.5) is 18.9 Å². The second-order valence-corrected chi connectivity index (χ2v) is 11.8. The quantitative estimate of drug-likeness (QED) is 0.414. The highest BCUT2D eigenvalue weighted by Gasteiger charge is 2.56. The Bertz CT molecular complexity index is 1300. The molecule has 2 aliphatic rings. The number of sulfone groups is 1. The van der Waals surface area contributed by atoms with Gasteiger partial charge in [-0.05, 0) is 55.7 Å². The Labute approximate surface area is 210 Å². The summed E-state index contributed by atoms with van der Waals surface area (Å²) in [5, 5.41) is 12.3. The van der Waals surface area contributed by atoms with Crippen molar-refractivity contribution in [2.45, 2.75) is 47.9 Å². The van der Waals surface area contributed by atoms with Crippen molar-refractivity contribution in [2.75, 3.05) is 12.4 Å². The van der Waals surface area contributed by atoms with E-state index in [0.29, 0.717) is 25.0 Å². The van der Waals surface area contributed by atoms with E-state index in [1.165, 1.54) is 19.2 Å². The van der Waals surface area contributed by atoms with Crippen LogP contribution in [0, 0.1) is 29.3 Å². The van der Waals surface area contributed by atoms with E-state index in [4.69, 9.17) is 11.6 Å². The summed E-state index contributed by atoms with van der Waals surface area (Å²) >= 11 is 6.19. The molecule has 0 spiro atoms. The predicted octanol–water partition coefficient (Wildman–Crippen LogP) is 4.27. The number of benzene rings is 2. The number of nitrogens with one attached hydrogen (secondary N) is 1. The lowest BCUT2D eigenvalue weighted by atomic mass is 9.72. The Balaban J connectivity index is 1.58. The van der Waals surface area contributed by atoms with E-state index in [1.807, 2.05) is 0 Å². The molecule has 0 heterocycles. The number of methoxy groups -OCH3 is 1. The molecule has 2 aromatic rings. The van der Waals surface area contributed by atoms with Gasteiger partial charge in [0.1, 0.15) is 0 Å². The Morgan fingerprint density at radius 1 is 1.11 bits per heavy atom. The summed E-state index contributed by atoms with van der Waals surface area (Å²) in [5.74, 6) is -6.99. The standard InChI is InChI=1S/C24H23ClF3NO6S/c1-35-21(30)11-24(32)13-3-4-14(24)8-16(7-13)36(33,34)20-6-12(2-5-17(20)25)23(31)29-15-9-18(26)22(28)19(27)10-15/h2,5-6,9-10,13-14,16,32H,3-4,7-8,11H2,1H3,(H,29,31)/t13?,14?,16-,24-. The Morgan fingerprint density at radius 2 is 1.69 bits per heavy atom. The van der Waals surface area contributed by atoms with Crippen LogP contribution in [-0.4, -0.2) is 43.4 Å². The van der Waals surface area contributed by atoms with Gasteiger partial charge in [0.2, 0.25) is 0 Å². The maximum Gasteiger partial charge on any atom is 0.308 e. The molecule has 2 bridgehead atoms. The first-order valence-electron chi connectivity index (χ1n) is 11.1. The van der Waals surface area contributed by atoms with E-state index in [0.717, 1.165) is 6.07 Å². The number of halogens is 4. The van der Waals surface area contributed by atoms with Crippen molar-refractivity contribution >= 4 is 39.0 Å². The van der Waals surface area contributed by atoms with Gasteiger partial charge in [-0.15, -0.1) is 0 Å². The molecule has 0 aliphatic heterocycles. The van der Waals surface area contributed by atoms with Crippen LogP contribution in [0.3, 0.4) is 0 Å². The molecule has 0 aromatic heterocycles. The summed E-state index contributed by atoms with van der Waals surface area (Å²) in [6.07, 6.45) is 1.11. The number of hydrogen-bond donors (Lipinski definition) is 2. The summed E-state index contributed by atoms with van der Waals surface area (Å²) in [6, 6.07) is 4.72. The van der Waals surface area contributed by atoms with Crippen LogP contribution in [-0.2, 0) is 19.4 Å². The molecule has 36 heavy (non-hydrogen) atoms. The van der Waals surface area contributed by atoms with Gasteiger partial charge in [0.15, 0.2) is 27.3 Å². The van der Waals surface area contributed by atoms with E-state index >= 15 is 0 Å². The van der Waals surface area contributed by atoms with Crippen molar-refractivity contribution in [3.63, 3.8) is 0 Å². The molecule has 12 heteroatoms. The maximum absolute atomic E-state index is 13.5. The molecular formula is C24H23ClF3NO6S. The summed E-state index contributed by atoms with van der Waals surface area (Å²) in [4.78, 5) is 24.2. The molecule has 1 amide bonds. The third-order valence-corrected chi connectivity index (χ3v) is 9.86. The molecule has 2 aliphatic carbocycles. The Kier molecular flexibility index (Phi) is 7.11. The van der Waals surface area contributed by atoms with Crippen molar-refractivity contribution in [3.05, 3.63) is 58.4 Å². The van der Waals surface area contributed by atoms with Crippen molar-refractivity contribution in [2.24, 2.45) is 11.8 Å². The number of carbonyl (C=O) groups is 2. The summed E-state index contributed by atoms with van der Waals surface area (Å²) < 4.78 is 71.9. The van der Waals surface area contributed by atoms with Gasteiger partial charge in [0.05, 0.1) is 34.3 Å². The van der Waals surface area contributed by atoms with Gasteiger partial charge >= 0.3 is 5.97 Å². The number of esters is 1. The number of amides is 1. The second kappa shape index (κ2) is 9.68. The van der Waals surface area contributed by atoms with E-state index < -0.39 is 61.9 Å². The van der Waals surface area contributed by atoms with Crippen molar-refractivity contribution in [1.29, 1.82) is 0 Å². The molecule has 2 fully saturated rings. The zero-order valence-electron chi connectivity index (χ0n) is 19.1. The zero-order valence-corrected chi connectivity index (χ0v) is 20.6.